The SMILES string of the molecule is CCc1cc2c(=O)n(CC(=O)Nc3nc(C)c(C(C)=O)s3)c(=S)[nH]c2s1. The first-order chi connectivity index (χ1) is 12.3. The number of thiazole rings is 1. The molecule has 0 aliphatic carbocycles. The normalized spacial score (nSPS) is 11.0. The highest BCUT2D eigenvalue weighted by Crippen LogP contribution is 2.23. The van der Waals surface area contributed by atoms with E-state index in [2.05, 4.69) is 15.3 Å². The van der Waals surface area contributed by atoms with Crippen molar-refractivity contribution in [2.75, 3.05) is 5.32 Å². The van der Waals surface area contributed by atoms with Gasteiger partial charge in [0.2, 0.25) is 5.91 Å². The smallest absolute Gasteiger partial charge is 0.263 e. The molecule has 0 aliphatic heterocycles. The number of anilines is 1. The lowest BCUT2D eigenvalue weighted by Crippen LogP contribution is -2.28. The first-order valence-corrected chi connectivity index (χ1v) is 9.88. The van der Waals surface area contributed by atoms with E-state index in [9.17, 15) is 14.4 Å². The van der Waals surface area contributed by atoms with Gasteiger partial charge in [-0.3, -0.25) is 19.0 Å². The van der Waals surface area contributed by atoms with E-state index in [4.69, 9.17) is 12.2 Å². The van der Waals surface area contributed by atoms with Crippen molar-refractivity contribution in [1.29, 1.82) is 0 Å². The van der Waals surface area contributed by atoms with Crippen molar-refractivity contribution in [2.45, 2.75) is 33.7 Å². The van der Waals surface area contributed by atoms with E-state index in [-0.39, 0.29) is 22.7 Å². The van der Waals surface area contributed by atoms with Crippen LogP contribution in [0, 0.1) is 11.7 Å². The van der Waals surface area contributed by atoms with E-state index in [1.165, 1.54) is 22.8 Å². The number of carbonyl (C=O) groups excluding carboxylic acids is 2. The Kier molecular flexibility index (Phi) is 5.17. The predicted molar refractivity (Wildman–Crippen MR) is 106 cm³/mol. The third-order valence-electron chi connectivity index (χ3n) is 3.74. The Morgan fingerprint density at radius 1 is 1.38 bits per heavy atom. The summed E-state index contributed by atoms with van der Waals surface area (Å²) in [5.41, 5.74) is 0.272. The average Bonchev–Trinajstić information content (AvgIpc) is 3.14. The molecule has 3 heterocycles. The number of aromatic amines is 1. The molecule has 0 atom stereocenters. The maximum Gasteiger partial charge on any atom is 0.263 e. The summed E-state index contributed by atoms with van der Waals surface area (Å²) >= 11 is 7.83. The Bertz CT molecular complexity index is 1140. The van der Waals surface area contributed by atoms with Gasteiger partial charge in [-0.1, -0.05) is 18.3 Å². The summed E-state index contributed by atoms with van der Waals surface area (Å²) in [7, 11) is 0. The summed E-state index contributed by atoms with van der Waals surface area (Å²) in [6.07, 6.45) is 0.821. The number of Topliss-reactive ketones (excluding diaryl/α,β-unsaturated/α-hetero) is 1. The van der Waals surface area contributed by atoms with Gasteiger partial charge in [0.15, 0.2) is 15.7 Å². The third kappa shape index (κ3) is 3.53. The van der Waals surface area contributed by atoms with E-state index in [0.29, 0.717) is 21.1 Å². The first kappa shape index (κ1) is 18.6. The first-order valence-electron chi connectivity index (χ1n) is 7.84. The van der Waals surface area contributed by atoms with Gasteiger partial charge >= 0.3 is 0 Å². The van der Waals surface area contributed by atoms with Gasteiger partial charge in [-0.25, -0.2) is 4.98 Å². The molecule has 26 heavy (non-hydrogen) atoms. The maximum absolute atomic E-state index is 12.7. The second-order valence-electron chi connectivity index (χ2n) is 5.67. The van der Waals surface area contributed by atoms with Crippen LogP contribution < -0.4 is 10.9 Å². The summed E-state index contributed by atoms with van der Waals surface area (Å²) in [6.45, 7) is 4.94. The number of H-pyrrole nitrogens is 1. The molecule has 0 saturated heterocycles. The molecule has 1 amide bonds. The van der Waals surface area contributed by atoms with Crippen LogP contribution in [0.5, 0.6) is 0 Å². The lowest BCUT2D eigenvalue weighted by Gasteiger charge is -2.06. The summed E-state index contributed by atoms with van der Waals surface area (Å²) in [4.78, 5) is 45.9. The lowest BCUT2D eigenvalue weighted by atomic mass is 10.3. The number of ketones is 1. The molecular formula is C16H16N4O3S3. The molecule has 3 aromatic rings. The number of fused-ring (bicyclic) bond motifs is 1. The topological polar surface area (TPSA) is 96.8 Å². The van der Waals surface area contributed by atoms with Crippen molar-refractivity contribution < 1.29 is 9.59 Å². The van der Waals surface area contributed by atoms with Crippen molar-refractivity contribution >= 4 is 61.9 Å². The molecule has 0 radical (unpaired) electrons. The Labute approximate surface area is 161 Å². The number of aromatic nitrogens is 3. The molecule has 7 nitrogen and oxygen atoms in total. The minimum Gasteiger partial charge on any atom is -0.323 e. The third-order valence-corrected chi connectivity index (χ3v) is 6.43. The zero-order valence-corrected chi connectivity index (χ0v) is 16.8. The molecule has 0 aliphatic rings. The van der Waals surface area contributed by atoms with Gasteiger partial charge in [0, 0.05) is 11.8 Å². The van der Waals surface area contributed by atoms with Gasteiger partial charge in [-0.05, 0) is 31.6 Å². The van der Waals surface area contributed by atoms with E-state index in [0.717, 1.165) is 27.5 Å². The van der Waals surface area contributed by atoms with E-state index >= 15 is 0 Å². The van der Waals surface area contributed by atoms with Crippen LogP contribution in [0.15, 0.2) is 10.9 Å². The fourth-order valence-corrected chi connectivity index (χ4v) is 4.67. The number of rotatable bonds is 5. The minimum absolute atomic E-state index is 0.103. The second-order valence-corrected chi connectivity index (χ2v) is 8.19. The number of nitrogens with one attached hydrogen (secondary N) is 2. The molecule has 0 saturated carbocycles. The molecule has 2 N–H and O–H groups in total. The average molecular weight is 409 g/mol. The predicted octanol–water partition coefficient (Wildman–Crippen LogP) is 3.29. The number of thiophene rings is 1. The zero-order valence-electron chi connectivity index (χ0n) is 14.3. The standard InChI is InChI=1S/C16H16N4O3S3/c1-4-9-5-10-13(25-9)19-16(24)20(14(10)23)6-11(22)18-15-17-7(2)12(26-15)8(3)21/h5H,4,6H2,1-3H3,(H,19,24)(H,17,18,22). The quantitative estimate of drug-likeness (QED) is 0.499. The van der Waals surface area contributed by atoms with Crippen molar-refractivity contribution in [1.82, 2.24) is 14.5 Å². The lowest BCUT2D eigenvalue weighted by molar-refractivity contribution is -0.116. The number of hydrogen-bond donors (Lipinski definition) is 2. The van der Waals surface area contributed by atoms with E-state index < -0.39 is 5.91 Å². The Morgan fingerprint density at radius 3 is 2.73 bits per heavy atom. The van der Waals surface area contributed by atoms with Crippen LogP contribution in [0.1, 0.15) is 34.1 Å². The van der Waals surface area contributed by atoms with Gasteiger partial charge in [0.1, 0.15) is 11.4 Å². The highest BCUT2D eigenvalue weighted by Gasteiger charge is 2.15. The molecule has 0 spiro atoms. The van der Waals surface area contributed by atoms with Crippen molar-refractivity contribution in [3.8, 4) is 0 Å². The largest absolute Gasteiger partial charge is 0.323 e. The molecule has 3 rings (SSSR count). The highest BCUT2D eigenvalue weighted by atomic mass is 32.1. The van der Waals surface area contributed by atoms with Crippen LogP contribution in [0.25, 0.3) is 10.2 Å². The molecule has 0 fully saturated rings. The van der Waals surface area contributed by atoms with Gasteiger partial charge in [0.05, 0.1) is 16.0 Å². The monoisotopic (exact) mass is 408 g/mol. The van der Waals surface area contributed by atoms with Crippen molar-refractivity contribution in [3.63, 3.8) is 0 Å². The molecule has 10 heteroatoms. The van der Waals surface area contributed by atoms with E-state index in [1.54, 1.807) is 6.92 Å². The minimum atomic E-state index is -0.430. The van der Waals surface area contributed by atoms with Crippen LogP contribution in [0.3, 0.4) is 0 Å². The second kappa shape index (κ2) is 7.22. The summed E-state index contributed by atoms with van der Waals surface area (Å²) in [5.74, 6) is -0.533. The van der Waals surface area contributed by atoms with Gasteiger partial charge in [-0.2, -0.15) is 0 Å². The summed E-state index contributed by atoms with van der Waals surface area (Å²) < 4.78 is 1.42. The summed E-state index contributed by atoms with van der Waals surface area (Å²) in [5, 5.41) is 3.47. The van der Waals surface area contributed by atoms with Crippen LogP contribution in [0.4, 0.5) is 5.13 Å². The molecule has 3 aromatic heterocycles. The van der Waals surface area contributed by atoms with Gasteiger partial charge in [-0.15, -0.1) is 11.3 Å². The van der Waals surface area contributed by atoms with Crippen LogP contribution in [-0.2, 0) is 17.8 Å². The van der Waals surface area contributed by atoms with Gasteiger partial charge in [0.25, 0.3) is 5.56 Å². The molecule has 0 unspecified atom stereocenters. The molecule has 0 bridgehead atoms. The Hall–Kier alpha value is -2.17. The molecule has 136 valence electrons. The van der Waals surface area contributed by atoms with Crippen LogP contribution in [-0.4, -0.2) is 26.2 Å². The van der Waals surface area contributed by atoms with Crippen molar-refractivity contribution in [2.24, 2.45) is 0 Å². The fraction of sp³-hybridized carbons (Fsp3) is 0.312. The summed E-state index contributed by atoms with van der Waals surface area (Å²) in [6, 6.07) is 1.82. The number of nitrogens with zero attached hydrogens (tertiary/aromatic N) is 2. The molecular weight excluding hydrogens is 392 g/mol. The number of carbonyl (C=O) groups is 2. The highest BCUT2D eigenvalue weighted by molar-refractivity contribution is 7.71. The number of hydrogen-bond acceptors (Lipinski definition) is 7. The van der Waals surface area contributed by atoms with Gasteiger partial charge < -0.3 is 10.3 Å². The number of aryl methyl sites for hydroxylation is 2. The Morgan fingerprint density at radius 2 is 2.12 bits per heavy atom. The van der Waals surface area contributed by atoms with Crippen LogP contribution in [0.2, 0.25) is 0 Å². The maximum atomic E-state index is 12.7. The van der Waals surface area contributed by atoms with Crippen LogP contribution >= 0.6 is 34.9 Å². The Balaban J connectivity index is 1.87. The number of amides is 1. The molecule has 0 aromatic carbocycles. The fourth-order valence-electron chi connectivity index (χ4n) is 2.49. The van der Waals surface area contributed by atoms with Crippen molar-refractivity contribution in [3.05, 3.63) is 36.6 Å². The zero-order chi connectivity index (χ0) is 19.0. The van der Waals surface area contributed by atoms with E-state index in [1.807, 2.05) is 13.0 Å².